The van der Waals surface area contributed by atoms with Gasteiger partial charge in [0.2, 0.25) is 5.91 Å². The molecule has 0 saturated carbocycles. The molecule has 1 aromatic heterocycles. The molecule has 18 heavy (non-hydrogen) atoms. The van der Waals surface area contributed by atoms with E-state index < -0.39 is 0 Å². The topological polar surface area (TPSA) is 47.2 Å². The number of rotatable bonds is 2. The van der Waals surface area contributed by atoms with Crippen LogP contribution in [0.3, 0.4) is 0 Å². The fraction of sp³-hybridized carbons (Fsp3) is 0.154. The van der Waals surface area contributed by atoms with Gasteiger partial charge in [0, 0.05) is 12.6 Å². The van der Waals surface area contributed by atoms with Gasteiger partial charge in [-0.05, 0) is 18.2 Å². The number of aromatic nitrogens is 2. The number of para-hydroxylation sites is 1. The van der Waals surface area contributed by atoms with E-state index in [0.29, 0.717) is 11.8 Å². The Morgan fingerprint density at radius 1 is 1.28 bits per heavy atom. The molecule has 0 N–H and O–H groups in total. The lowest BCUT2D eigenvalue weighted by Gasteiger charge is -2.03. The quantitative estimate of drug-likeness (QED) is 0.833. The molecule has 0 spiro atoms. The summed E-state index contributed by atoms with van der Waals surface area (Å²) >= 11 is 0. The van der Waals surface area contributed by atoms with Gasteiger partial charge in [0.25, 0.3) is 0 Å². The van der Waals surface area contributed by atoms with Crippen LogP contribution in [0.1, 0.15) is 13.3 Å². The zero-order chi connectivity index (χ0) is 12.1. The van der Waals surface area contributed by atoms with Crippen LogP contribution in [0.4, 0.5) is 0 Å². The predicted molar refractivity (Wildman–Crippen MR) is 71.7 cm³/mol. The van der Waals surface area contributed by atoms with Crippen LogP contribution in [0, 0.1) is 0 Å². The lowest BCUT2D eigenvalue weighted by molar-refractivity contribution is -0.117. The van der Waals surface area contributed by atoms with Crippen molar-refractivity contribution >= 4 is 18.3 Å². The second kappa shape index (κ2) is 6.71. The Balaban J connectivity index is 0.00000162. The second-order valence-corrected chi connectivity index (χ2v) is 3.52. The minimum absolute atomic E-state index is 0. The predicted octanol–water partition coefficient (Wildman–Crippen LogP) is 2.13. The van der Waals surface area contributed by atoms with Crippen molar-refractivity contribution in [1.82, 2.24) is 9.78 Å². The Morgan fingerprint density at radius 2 is 2.00 bits per heavy atom. The zero-order valence-electron chi connectivity index (χ0n) is 9.98. The minimum atomic E-state index is -0.135. The van der Waals surface area contributed by atoms with Gasteiger partial charge in [-0.1, -0.05) is 25.1 Å². The van der Waals surface area contributed by atoms with Gasteiger partial charge in [0.05, 0.1) is 17.2 Å². The number of amides is 1. The number of hydrogen-bond acceptors (Lipinski definition) is 2. The first-order valence-electron chi connectivity index (χ1n) is 5.47. The van der Waals surface area contributed by atoms with E-state index in [-0.39, 0.29) is 18.3 Å². The molecule has 5 heteroatoms. The maximum Gasteiger partial charge on any atom is 0.245 e. The highest BCUT2D eigenvalue weighted by molar-refractivity contribution is 5.85. The smallest absolute Gasteiger partial charge is 0.245 e. The third kappa shape index (κ3) is 3.53. The number of carbonyl (C=O) groups is 1. The number of carbonyl (C=O) groups excluding carboxylic acids is 1. The molecule has 0 bridgehead atoms. The Bertz CT molecular complexity index is 558. The highest BCUT2D eigenvalue weighted by Crippen LogP contribution is 2.02. The van der Waals surface area contributed by atoms with Crippen molar-refractivity contribution in [1.29, 1.82) is 0 Å². The molecule has 0 atom stereocenters. The summed E-state index contributed by atoms with van der Waals surface area (Å²) in [5.74, 6) is -0.135. The summed E-state index contributed by atoms with van der Waals surface area (Å²) in [5, 5.41) is 4.79. The number of benzene rings is 1. The summed E-state index contributed by atoms with van der Waals surface area (Å²) in [6.07, 6.45) is 3.78. The van der Waals surface area contributed by atoms with Crippen LogP contribution in [-0.2, 0) is 4.79 Å². The number of halogens is 1. The maximum absolute atomic E-state index is 11.1. The van der Waals surface area contributed by atoms with Gasteiger partial charge in [-0.2, -0.15) is 5.10 Å². The highest BCUT2D eigenvalue weighted by atomic mass is 35.5. The Morgan fingerprint density at radius 3 is 2.56 bits per heavy atom. The van der Waals surface area contributed by atoms with Gasteiger partial charge in [-0.25, -0.2) is 9.67 Å². The first-order chi connectivity index (χ1) is 8.29. The molecule has 94 valence electrons. The van der Waals surface area contributed by atoms with Crippen LogP contribution in [0.2, 0.25) is 0 Å². The van der Waals surface area contributed by atoms with Crippen LogP contribution in [0.25, 0.3) is 5.69 Å². The van der Waals surface area contributed by atoms with Crippen molar-refractivity contribution in [2.45, 2.75) is 13.3 Å². The summed E-state index contributed by atoms with van der Waals surface area (Å²) in [4.78, 5) is 15.0. The van der Waals surface area contributed by atoms with E-state index in [4.69, 9.17) is 0 Å². The molecule has 0 unspecified atom stereocenters. The lowest BCUT2D eigenvalue weighted by atomic mass is 10.3. The maximum atomic E-state index is 11.1. The second-order valence-electron chi connectivity index (χ2n) is 3.52. The lowest BCUT2D eigenvalue weighted by Crippen LogP contribution is -2.10. The fourth-order valence-corrected chi connectivity index (χ4v) is 1.37. The average Bonchev–Trinajstić information content (AvgIpc) is 2.40. The van der Waals surface area contributed by atoms with E-state index in [0.717, 1.165) is 5.69 Å². The first-order valence-corrected chi connectivity index (χ1v) is 5.47. The molecule has 0 aliphatic rings. The summed E-state index contributed by atoms with van der Waals surface area (Å²) < 4.78 is 1.73. The average molecular weight is 264 g/mol. The van der Waals surface area contributed by atoms with E-state index in [2.05, 4.69) is 10.1 Å². The first kappa shape index (κ1) is 14.1. The van der Waals surface area contributed by atoms with Crippen molar-refractivity contribution in [3.8, 4) is 5.69 Å². The number of hydrogen-bond donors (Lipinski definition) is 0. The van der Waals surface area contributed by atoms with Crippen molar-refractivity contribution in [2.75, 3.05) is 0 Å². The SMILES string of the molecule is CCC(=O)N=c1ccn(-c2ccccc2)nc1.Cl. The summed E-state index contributed by atoms with van der Waals surface area (Å²) in [6, 6.07) is 11.5. The van der Waals surface area contributed by atoms with E-state index in [1.807, 2.05) is 30.3 Å². The summed E-state index contributed by atoms with van der Waals surface area (Å²) in [7, 11) is 0. The Kier molecular flexibility index (Phi) is 5.27. The summed E-state index contributed by atoms with van der Waals surface area (Å²) in [5.41, 5.74) is 0.973. The molecule has 1 amide bonds. The van der Waals surface area contributed by atoms with Gasteiger partial charge < -0.3 is 0 Å². The molecule has 0 fully saturated rings. The van der Waals surface area contributed by atoms with Gasteiger partial charge in [-0.3, -0.25) is 4.79 Å². The van der Waals surface area contributed by atoms with E-state index in [1.165, 1.54) is 0 Å². The van der Waals surface area contributed by atoms with E-state index >= 15 is 0 Å². The van der Waals surface area contributed by atoms with Crippen LogP contribution in [-0.4, -0.2) is 15.7 Å². The van der Waals surface area contributed by atoms with Crippen LogP contribution < -0.4 is 5.36 Å². The van der Waals surface area contributed by atoms with Crippen molar-refractivity contribution in [3.05, 3.63) is 54.1 Å². The molecule has 0 aliphatic heterocycles. The molecule has 0 aliphatic carbocycles. The van der Waals surface area contributed by atoms with Gasteiger partial charge >= 0.3 is 0 Å². The standard InChI is InChI=1S/C13H13N3O.ClH/c1-2-13(17)15-11-8-9-16(14-10-11)12-6-4-3-5-7-12;/h3-10H,2H2,1H3;1H. The van der Waals surface area contributed by atoms with Gasteiger partial charge in [-0.15, -0.1) is 12.4 Å². The third-order valence-corrected chi connectivity index (χ3v) is 2.28. The van der Waals surface area contributed by atoms with Crippen molar-refractivity contribution in [2.24, 2.45) is 4.99 Å². The van der Waals surface area contributed by atoms with Gasteiger partial charge in [0.15, 0.2) is 0 Å². The van der Waals surface area contributed by atoms with Crippen molar-refractivity contribution < 1.29 is 4.79 Å². The third-order valence-electron chi connectivity index (χ3n) is 2.28. The fourth-order valence-electron chi connectivity index (χ4n) is 1.37. The van der Waals surface area contributed by atoms with E-state index in [9.17, 15) is 4.79 Å². The molecular formula is C13H14ClN3O. The molecular weight excluding hydrogens is 250 g/mol. The van der Waals surface area contributed by atoms with Gasteiger partial charge in [0.1, 0.15) is 0 Å². The molecule has 2 rings (SSSR count). The van der Waals surface area contributed by atoms with Crippen LogP contribution >= 0.6 is 12.4 Å². The monoisotopic (exact) mass is 263 g/mol. The molecule has 1 heterocycles. The molecule has 0 saturated heterocycles. The zero-order valence-corrected chi connectivity index (χ0v) is 10.8. The van der Waals surface area contributed by atoms with Crippen LogP contribution in [0.5, 0.6) is 0 Å². The minimum Gasteiger partial charge on any atom is -0.273 e. The Hall–Kier alpha value is -1.94. The molecule has 0 radical (unpaired) electrons. The number of nitrogens with zero attached hydrogens (tertiary/aromatic N) is 3. The van der Waals surface area contributed by atoms with Crippen LogP contribution in [0.15, 0.2) is 53.8 Å². The Labute approximate surface area is 111 Å². The largest absolute Gasteiger partial charge is 0.273 e. The van der Waals surface area contributed by atoms with Crippen molar-refractivity contribution in [3.63, 3.8) is 0 Å². The molecule has 4 nitrogen and oxygen atoms in total. The highest BCUT2D eigenvalue weighted by Gasteiger charge is 1.94. The molecule has 2 aromatic rings. The van der Waals surface area contributed by atoms with E-state index in [1.54, 1.807) is 30.1 Å². The summed E-state index contributed by atoms with van der Waals surface area (Å²) in [6.45, 7) is 1.78. The molecule has 1 aromatic carbocycles. The normalized spacial score (nSPS) is 10.8.